The van der Waals surface area contributed by atoms with Gasteiger partial charge in [0.2, 0.25) is 0 Å². The van der Waals surface area contributed by atoms with E-state index in [-0.39, 0.29) is 11.4 Å². The number of nitrogens with one attached hydrogen (secondary N) is 2. The number of aromatic nitrogens is 4. The summed E-state index contributed by atoms with van der Waals surface area (Å²) in [7, 11) is -4.36. The van der Waals surface area contributed by atoms with Gasteiger partial charge < -0.3 is 24.4 Å². The van der Waals surface area contributed by atoms with E-state index < -0.39 is 62.5 Å². The number of rotatable bonds is 14. The van der Waals surface area contributed by atoms with Gasteiger partial charge in [-0.15, -0.1) is 11.6 Å². The molecule has 6 atom stereocenters. The molecule has 0 aliphatic carbocycles. The maximum atomic E-state index is 15.8. The normalized spacial score (nSPS) is 24.2. The lowest BCUT2D eigenvalue weighted by Crippen LogP contribution is -2.48. The molecule has 13 nitrogen and oxygen atoms in total. The maximum Gasteiger partial charge on any atom is 0.459 e. The topological polar surface area (TPSA) is 159 Å². The molecule has 1 aliphatic rings. The van der Waals surface area contributed by atoms with Gasteiger partial charge >= 0.3 is 13.7 Å². The Morgan fingerprint density at radius 1 is 1.28 bits per heavy atom. The molecule has 1 unspecified atom stereocenters. The first-order valence-electron chi connectivity index (χ1n) is 13.9. The molecule has 43 heavy (non-hydrogen) atoms. The van der Waals surface area contributed by atoms with Gasteiger partial charge in [0, 0.05) is 6.54 Å². The molecule has 1 fully saturated rings. The van der Waals surface area contributed by atoms with Crippen molar-refractivity contribution in [2.24, 2.45) is 0 Å². The molecule has 16 heteroatoms. The number of nitrogens with zero attached hydrogens (tertiary/aromatic N) is 4. The monoisotopic (exact) mass is 642 g/mol. The Labute approximate surface area is 254 Å². The van der Waals surface area contributed by atoms with Crippen LogP contribution in [0.3, 0.4) is 0 Å². The zero-order valence-corrected chi connectivity index (χ0v) is 26.2. The lowest BCUT2D eigenvalue weighted by atomic mass is 9.99. The van der Waals surface area contributed by atoms with Crippen LogP contribution in [0.5, 0.6) is 5.75 Å². The highest BCUT2D eigenvalue weighted by atomic mass is 35.5. The number of para-hydroxylation sites is 1. The zero-order chi connectivity index (χ0) is 31.4. The van der Waals surface area contributed by atoms with Crippen molar-refractivity contribution >= 4 is 42.3 Å². The number of carbonyl (C=O) groups excluding carboxylic acids is 1. The molecule has 4 rings (SSSR count). The Hall–Kier alpha value is -2.87. The predicted octanol–water partition coefficient (Wildman–Crippen LogP) is 4.30. The summed E-state index contributed by atoms with van der Waals surface area (Å²) in [5.41, 5.74) is -1.18. The van der Waals surface area contributed by atoms with Gasteiger partial charge in [-0.25, -0.2) is 23.9 Å². The smallest absolute Gasteiger partial charge is 0.459 e. The number of carbonyl (C=O) groups is 1. The Morgan fingerprint density at radius 2 is 2.00 bits per heavy atom. The van der Waals surface area contributed by atoms with Crippen LogP contribution in [0.25, 0.3) is 11.2 Å². The maximum absolute atomic E-state index is 15.8. The van der Waals surface area contributed by atoms with Crippen LogP contribution in [0, 0.1) is 6.92 Å². The van der Waals surface area contributed by atoms with Crippen molar-refractivity contribution in [3.63, 3.8) is 0 Å². The third-order valence-corrected chi connectivity index (χ3v) is 8.63. The third-order valence-electron chi connectivity index (χ3n) is 6.55. The standard InChI is InChI=1S/C27H37ClFN6O7P/c1-6-12-30-23-21-24(33-18(5)32-23)35(15-31-21)25-20(29)22(36)27(13-28,41-25)14-39-43(38,42-19-10-8-7-9-11-19)34-17(4)26(37)40-16(2)3/h7-11,15-17,20,22,25,36H,6,12-14H2,1-5H3,(H,34,38)(H,30,32,33)/t17-,20-,22-,25+,27+,43?/m0/s1. The summed E-state index contributed by atoms with van der Waals surface area (Å²) >= 11 is 6.26. The number of imidazole rings is 1. The van der Waals surface area contributed by atoms with Gasteiger partial charge in [0.15, 0.2) is 29.4 Å². The summed E-state index contributed by atoms with van der Waals surface area (Å²) in [5, 5.41) is 16.8. The molecule has 2 aromatic heterocycles. The summed E-state index contributed by atoms with van der Waals surface area (Å²) in [5.74, 6) is -0.0568. The van der Waals surface area contributed by atoms with Gasteiger partial charge in [-0.05, 0) is 46.2 Å². The molecule has 1 saturated heterocycles. The second kappa shape index (κ2) is 13.8. The first-order chi connectivity index (χ1) is 20.4. The van der Waals surface area contributed by atoms with Crippen molar-refractivity contribution in [1.29, 1.82) is 0 Å². The van der Waals surface area contributed by atoms with Gasteiger partial charge in [0.25, 0.3) is 0 Å². The van der Waals surface area contributed by atoms with Gasteiger partial charge in [0.05, 0.1) is 24.9 Å². The van der Waals surface area contributed by atoms with E-state index in [2.05, 4.69) is 25.4 Å². The minimum absolute atomic E-state index is 0.171. The first-order valence-corrected chi connectivity index (χ1v) is 16.0. The average Bonchev–Trinajstić information content (AvgIpc) is 3.49. The number of alkyl halides is 2. The van der Waals surface area contributed by atoms with Crippen LogP contribution in [0.1, 0.15) is 46.2 Å². The minimum Gasteiger partial charge on any atom is -0.462 e. The van der Waals surface area contributed by atoms with Crippen LogP contribution in [-0.2, 0) is 23.4 Å². The molecule has 0 saturated carbocycles. The van der Waals surface area contributed by atoms with Crippen LogP contribution in [0.15, 0.2) is 36.7 Å². The predicted molar refractivity (Wildman–Crippen MR) is 158 cm³/mol. The fourth-order valence-corrected chi connectivity index (χ4v) is 6.25. The van der Waals surface area contributed by atoms with Crippen LogP contribution in [-0.4, -0.2) is 79.6 Å². The molecule has 0 spiro atoms. The van der Waals surface area contributed by atoms with Gasteiger partial charge in [-0.2, -0.15) is 5.09 Å². The number of hydrogen-bond acceptors (Lipinski definition) is 11. The minimum atomic E-state index is -4.36. The van der Waals surface area contributed by atoms with Crippen molar-refractivity contribution in [3.05, 3.63) is 42.5 Å². The van der Waals surface area contributed by atoms with Crippen LogP contribution >= 0.6 is 19.3 Å². The van der Waals surface area contributed by atoms with E-state index in [1.165, 1.54) is 30.0 Å². The van der Waals surface area contributed by atoms with Crippen molar-refractivity contribution in [2.75, 3.05) is 24.3 Å². The van der Waals surface area contributed by atoms with Gasteiger partial charge in [-0.3, -0.25) is 13.9 Å². The van der Waals surface area contributed by atoms with E-state index in [4.69, 9.17) is 30.1 Å². The second-order valence-corrected chi connectivity index (χ2v) is 12.4. The number of ether oxygens (including phenoxy) is 2. The number of fused-ring (bicyclic) bond motifs is 1. The third kappa shape index (κ3) is 7.44. The highest BCUT2D eigenvalue weighted by Crippen LogP contribution is 2.49. The average molecular weight is 643 g/mol. The number of halogens is 2. The number of benzene rings is 1. The number of anilines is 1. The lowest BCUT2D eigenvalue weighted by Gasteiger charge is -2.31. The SMILES string of the molecule is CCCNc1nc(C)nc2c1ncn2[C@@H]1O[C@](CCl)(COP(=O)(N[C@@H](C)C(=O)OC(C)C)Oc2ccccc2)[C@@H](O)[C@@H]1F. The number of aryl methyl sites for hydroxylation is 1. The molecule has 3 aromatic rings. The Kier molecular flexibility index (Phi) is 10.6. The van der Waals surface area contributed by atoms with Crippen molar-refractivity contribution < 1.29 is 37.4 Å². The summed E-state index contributed by atoms with van der Waals surface area (Å²) < 4.78 is 53.7. The quantitative estimate of drug-likeness (QED) is 0.130. The largest absolute Gasteiger partial charge is 0.462 e. The van der Waals surface area contributed by atoms with Crippen LogP contribution in [0.2, 0.25) is 0 Å². The zero-order valence-electron chi connectivity index (χ0n) is 24.6. The molecule has 0 bridgehead atoms. The molecule has 1 aliphatic heterocycles. The molecule has 0 radical (unpaired) electrons. The molecule has 1 aromatic carbocycles. The first kappa shape index (κ1) is 33.0. The second-order valence-electron chi connectivity index (χ2n) is 10.5. The van der Waals surface area contributed by atoms with E-state index in [0.717, 1.165) is 6.42 Å². The van der Waals surface area contributed by atoms with Crippen molar-refractivity contribution in [2.45, 2.75) is 77.3 Å². The van der Waals surface area contributed by atoms with Gasteiger partial charge in [-0.1, -0.05) is 25.1 Å². The molecule has 3 N–H and O–H groups in total. The molecule has 3 heterocycles. The Balaban J connectivity index is 1.60. The summed E-state index contributed by atoms with van der Waals surface area (Å²) in [4.78, 5) is 25.6. The molecule has 0 amide bonds. The number of aliphatic hydroxyl groups excluding tert-OH is 1. The lowest BCUT2D eigenvalue weighted by molar-refractivity contribution is -0.149. The number of aliphatic hydroxyl groups is 1. The highest BCUT2D eigenvalue weighted by Gasteiger charge is 2.57. The summed E-state index contributed by atoms with van der Waals surface area (Å²) in [6.45, 7) is 8.45. The van der Waals surface area contributed by atoms with E-state index in [1.807, 2.05) is 6.92 Å². The summed E-state index contributed by atoms with van der Waals surface area (Å²) in [6.07, 6.45) is -3.43. The molecular weight excluding hydrogens is 606 g/mol. The molecule has 236 valence electrons. The van der Waals surface area contributed by atoms with Crippen molar-refractivity contribution in [1.82, 2.24) is 24.6 Å². The van der Waals surface area contributed by atoms with E-state index in [9.17, 15) is 14.5 Å². The Morgan fingerprint density at radius 3 is 2.65 bits per heavy atom. The van der Waals surface area contributed by atoms with E-state index >= 15 is 4.39 Å². The Bertz CT molecular complexity index is 1450. The van der Waals surface area contributed by atoms with E-state index in [1.54, 1.807) is 39.0 Å². The van der Waals surface area contributed by atoms with E-state index in [0.29, 0.717) is 23.7 Å². The fraction of sp³-hybridized carbons (Fsp3) is 0.556. The van der Waals surface area contributed by atoms with Gasteiger partial charge in [0.1, 0.15) is 29.3 Å². The highest BCUT2D eigenvalue weighted by molar-refractivity contribution is 7.52. The fourth-order valence-electron chi connectivity index (χ4n) is 4.41. The molecular formula is C27H37ClFN6O7P. The summed E-state index contributed by atoms with van der Waals surface area (Å²) in [6, 6.07) is 7.01. The van der Waals surface area contributed by atoms with Crippen LogP contribution in [0.4, 0.5) is 10.2 Å². The van der Waals surface area contributed by atoms with Crippen molar-refractivity contribution in [3.8, 4) is 5.75 Å². The van der Waals surface area contributed by atoms with Crippen LogP contribution < -0.4 is 14.9 Å². The number of hydrogen-bond donors (Lipinski definition) is 3. The number of esters is 1.